The van der Waals surface area contributed by atoms with Gasteiger partial charge in [0.1, 0.15) is 0 Å². The first-order chi connectivity index (χ1) is 7.11. The molecule has 0 rings (SSSR count). The topological polar surface area (TPSA) is 46.5 Å². The van der Waals surface area contributed by atoms with Crippen molar-refractivity contribution >= 4 is 15.7 Å². The van der Waals surface area contributed by atoms with E-state index in [1.807, 2.05) is 6.92 Å². The van der Waals surface area contributed by atoms with Crippen LogP contribution in [0.1, 0.15) is 39.5 Å². The molecule has 0 radical (unpaired) electrons. The summed E-state index contributed by atoms with van der Waals surface area (Å²) in [4.78, 5) is 10.6. The van der Waals surface area contributed by atoms with Crippen molar-refractivity contribution in [2.24, 2.45) is 0 Å². The first-order valence-corrected chi connectivity index (χ1v) is 6.99. The maximum absolute atomic E-state index is 10.6. The fourth-order valence-electron chi connectivity index (χ4n) is 1.49. The highest BCUT2D eigenvalue weighted by Crippen LogP contribution is 2.21. The van der Waals surface area contributed by atoms with Gasteiger partial charge in [0.15, 0.2) is 9.76 Å². The Labute approximate surface area is 94.5 Å². The second-order valence-electron chi connectivity index (χ2n) is 3.76. The third-order valence-electron chi connectivity index (χ3n) is 2.41. The lowest BCUT2D eigenvalue weighted by atomic mass is 10.1. The van der Waals surface area contributed by atoms with Crippen molar-refractivity contribution in [3.05, 3.63) is 12.2 Å². The van der Waals surface area contributed by atoms with E-state index in [0.717, 1.165) is 25.9 Å². The van der Waals surface area contributed by atoms with E-state index in [4.69, 9.17) is 9.53 Å². The van der Waals surface area contributed by atoms with Gasteiger partial charge < -0.3 is 9.53 Å². The lowest BCUT2D eigenvalue weighted by Crippen LogP contribution is -2.10. The van der Waals surface area contributed by atoms with Crippen LogP contribution < -0.4 is 0 Å². The van der Waals surface area contributed by atoms with Crippen LogP contribution in [0.3, 0.4) is 0 Å². The van der Waals surface area contributed by atoms with Gasteiger partial charge >= 0.3 is 5.97 Å². The normalized spacial score (nSPS) is 13.2. The van der Waals surface area contributed by atoms with Crippen molar-refractivity contribution < 1.29 is 14.3 Å². The number of carboxylic acid groups (broad SMARTS) is 1. The molecule has 0 fully saturated rings. The largest absolute Gasteiger partial charge is 0.478 e. The Morgan fingerprint density at radius 2 is 2.13 bits per heavy atom. The zero-order valence-corrected chi connectivity index (χ0v) is 11.2. The van der Waals surface area contributed by atoms with Gasteiger partial charge in [-0.05, 0) is 25.3 Å². The zero-order chi connectivity index (χ0) is 11.7. The van der Waals surface area contributed by atoms with Gasteiger partial charge in [0.05, 0.1) is 0 Å². The molecule has 15 heavy (non-hydrogen) atoms. The van der Waals surface area contributed by atoms with E-state index in [-0.39, 0.29) is 0 Å². The van der Waals surface area contributed by atoms with E-state index in [0.29, 0.717) is 17.5 Å². The molecule has 0 aromatic rings. The average molecular weight is 230 g/mol. The molecule has 0 saturated carbocycles. The molecule has 1 atom stereocenters. The smallest absolute Gasteiger partial charge is 0.330 e. The Hall–Kier alpha value is -0.613. The summed E-state index contributed by atoms with van der Waals surface area (Å²) >= 11 is 0. The average Bonchev–Trinajstić information content (AvgIpc) is 2.21. The van der Waals surface area contributed by atoms with E-state index in [9.17, 15) is 4.79 Å². The lowest BCUT2D eigenvalue weighted by molar-refractivity contribution is -0.132. The molecular formula is C11H22O3Si. The van der Waals surface area contributed by atoms with Crippen LogP contribution >= 0.6 is 0 Å². The van der Waals surface area contributed by atoms with Gasteiger partial charge in [-0.2, -0.15) is 0 Å². The third-order valence-corrected chi connectivity index (χ3v) is 4.34. The van der Waals surface area contributed by atoms with E-state index in [2.05, 4.69) is 13.5 Å². The number of rotatable bonds is 9. The van der Waals surface area contributed by atoms with Crippen LogP contribution in [0.5, 0.6) is 0 Å². The molecule has 0 heterocycles. The highest BCUT2D eigenvalue weighted by molar-refractivity contribution is 6.29. The molecule has 0 spiro atoms. The molecule has 0 saturated heterocycles. The molecule has 88 valence electrons. The SMILES string of the molecule is C=C(CCC(CCC)[SiH2]OCC)C(=O)O. The molecular weight excluding hydrogens is 208 g/mol. The van der Waals surface area contributed by atoms with Crippen LogP contribution in [0.2, 0.25) is 5.54 Å². The Morgan fingerprint density at radius 1 is 1.47 bits per heavy atom. The van der Waals surface area contributed by atoms with E-state index >= 15 is 0 Å². The Morgan fingerprint density at radius 3 is 2.60 bits per heavy atom. The van der Waals surface area contributed by atoms with E-state index in [1.165, 1.54) is 0 Å². The summed E-state index contributed by atoms with van der Waals surface area (Å²) in [6.45, 7) is 8.48. The van der Waals surface area contributed by atoms with Crippen LogP contribution in [-0.2, 0) is 9.22 Å². The van der Waals surface area contributed by atoms with Gasteiger partial charge in [0, 0.05) is 12.2 Å². The fraction of sp³-hybridized carbons (Fsp3) is 0.727. The molecule has 4 heteroatoms. The molecule has 0 amide bonds. The van der Waals surface area contributed by atoms with Crippen LogP contribution in [0.25, 0.3) is 0 Å². The van der Waals surface area contributed by atoms with Crippen LogP contribution in [0.15, 0.2) is 12.2 Å². The predicted octanol–water partition coefficient (Wildman–Crippen LogP) is 2.12. The molecule has 0 aliphatic carbocycles. The molecule has 0 aliphatic heterocycles. The maximum atomic E-state index is 10.6. The minimum atomic E-state index is -0.872. The fourth-order valence-corrected chi connectivity index (χ4v) is 3.00. The third kappa shape index (κ3) is 7.33. The van der Waals surface area contributed by atoms with Crippen molar-refractivity contribution in [1.82, 2.24) is 0 Å². The standard InChI is InChI=1S/C11H22O3Si/c1-4-6-10(15-14-5-2)8-7-9(3)11(12)13/h10H,3-8,15H2,1-2H3,(H,12,13). The van der Waals surface area contributed by atoms with Gasteiger partial charge in [-0.1, -0.05) is 26.3 Å². The predicted molar refractivity (Wildman–Crippen MR) is 64.8 cm³/mol. The number of carbonyl (C=O) groups is 1. The summed E-state index contributed by atoms with van der Waals surface area (Å²) in [5.74, 6) is -0.872. The Balaban J connectivity index is 3.83. The number of aliphatic carboxylic acids is 1. The van der Waals surface area contributed by atoms with Crippen molar-refractivity contribution in [3.63, 3.8) is 0 Å². The molecule has 0 bridgehead atoms. The van der Waals surface area contributed by atoms with Gasteiger partial charge in [-0.3, -0.25) is 0 Å². The Kier molecular flexibility index (Phi) is 8.32. The van der Waals surface area contributed by atoms with Crippen LogP contribution in [0.4, 0.5) is 0 Å². The highest BCUT2D eigenvalue weighted by atomic mass is 28.2. The molecule has 1 N–H and O–H groups in total. The summed E-state index contributed by atoms with van der Waals surface area (Å²) < 4.78 is 5.50. The first kappa shape index (κ1) is 14.4. The second-order valence-corrected chi connectivity index (χ2v) is 5.66. The molecule has 0 aromatic carbocycles. The molecule has 3 nitrogen and oxygen atoms in total. The molecule has 0 aliphatic rings. The minimum Gasteiger partial charge on any atom is -0.478 e. The van der Waals surface area contributed by atoms with Gasteiger partial charge in [-0.15, -0.1) is 0 Å². The van der Waals surface area contributed by atoms with Gasteiger partial charge in [0.2, 0.25) is 0 Å². The van der Waals surface area contributed by atoms with Crippen LogP contribution in [0, 0.1) is 0 Å². The monoisotopic (exact) mass is 230 g/mol. The summed E-state index contributed by atoms with van der Waals surface area (Å²) in [7, 11) is -0.487. The summed E-state index contributed by atoms with van der Waals surface area (Å²) in [5, 5.41) is 8.68. The van der Waals surface area contributed by atoms with Crippen LogP contribution in [-0.4, -0.2) is 27.4 Å². The van der Waals surface area contributed by atoms with Crippen molar-refractivity contribution in [2.75, 3.05) is 6.61 Å². The second kappa shape index (κ2) is 8.68. The lowest BCUT2D eigenvalue weighted by Gasteiger charge is -2.14. The summed E-state index contributed by atoms with van der Waals surface area (Å²) in [5.41, 5.74) is 0.924. The zero-order valence-electron chi connectivity index (χ0n) is 9.79. The number of carboxylic acids is 1. The maximum Gasteiger partial charge on any atom is 0.330 e. The molecule has 0 aromatic heterocycles. The molecule has 1 unspecified atom stereocenters. The van der Waals surface area contributed by atoms with Crippen molar-refractivity contribution in [2.45, 2.75) is 45.1 Å². The Bertz CT molecular complexity index is 204. The number of hydrogen-bond acceptors (Lipinski definition) is 2. The quantitative estimate of drug-likeness (QED) is 0.487. The van der Waals surface area contributed by atoms with Crippen molar-refractivity contribution in [1.29, 1.82) is 0 Å². The van der Waals surface area contributed by atoms with E-state index < -0.39 is 15.7 Å². The van der Waals surface area contributed by atoms with E-state index in [1.54, 1.807) is 0 Å². The summed E-state index contributed by atoms with van der Waals surface area (Å²) in [6.07, 6.45) is 3.81. The highest BCUT2D eigenvalue weighted by Gasteiger charge is 2.11. The first-order valence-electron chi connectivity index (χ1n) is 5.60. The summed E-state index contributed by atoms with van der Waals surface area (Å²) in [6, 6.07) is 0. The van der Waals surface area contributed by atoms with Gasteiger partial charge in [0.25, 0.3) is 0 Å². The van der Waals surface area contributed by atoms with Crippen molar-refractivity contribution in [3.8, 4) is 0 Å². The number of hydrogen-bond donors (Lipinski definition) is 1. The minimum absolute atomic E-state index is 0.321. The van der Waals surface area contributed by atoms with Gasteiger partial charge in [-0.25, -0.2) is 4.79 Å².